The molecule has 7 heteroatoms. The molecule has 0 saturated carbocycles. The van der Waals surface area contributed by atoms with E-state index >= 15 is 0 Å². The van der Waals surface area contributed by atoms with E-state index in [1.165, 1.54) is 0 Å². The number of anilines is 1. The van der Waals surface area contributed by atoms with Crippen LogP contribution in [-0.2, 0) is 9.59 Å². The molecule has 2 aromatic carbocycles. The average molecular weight is 422 g/mol. The van der Waals surface area contributed by atoms with E-state index in [2.05, 4.69) is 16.7 Å². The van der Waals surface area contributed by atoms with Crippen molar-refractivity contribution in [1.29, 1.82) is 5.26 Å². The van der Waals surface area contributed by atoms with Gasteiger partial charge >= 0.3 is 0 Å². The third kappa shape index (κ3) is 5.43. The van der Waals surface area contributed by atoms with E-state index in [9.17, 15) is 14.9 Å². The lowest BCUT2D eigenvalue weighted by Gasteiger charge is -2.25. The summed E-state index contributed by atoms with van der Waals surface area (Å²) >= 11 is 1.16. The molecule has 154 valence electrons. The van der Waals surface area contributed by atoms with Gasteiger partial charge in [0.15, 0.2) is 0 Å². The molecule has 0 aliphatic carbocycles. The number of nitriles is 1. The number of thioether (sulfide) groups is 1. The molecule has 0 bridgehead atoms. The van der Waals surface area contributed by atoms with Gasteiger partial charge in [0, 0.05) is 18.0 Å². The van der Waals surface area contributed by atoms with Gasteiger partial charge in [0.1, 0.15) is 5.75 Å². The van der Waals surface area contributed by atoms with Gasteiger partial charge in [-0.15, -0.1) is 0 Å². The number of allylic oxidation sites excluding steroid dienone is 1. The van der Waals surface area contributed by atoms with Gasteiger partial charge in [-0.05, 0) is 49.2 Å². The molecule has 6 nitrogen and oxygen atoms in total. The SMILES string of the molecule is CCOc1ccc(C2CC(=O)NC(SCC(=O)Nc3cccc(C)c3)=C2C#N)cc1. The number of benzene rings is 2. The zero-order chi connectivity index (χ0) is 21.5. The zero-order valence-electron chi connectivity index (χ0n) is 16.9. The van der Waals surface area contributed by atoms with Crippen molar-refractivity contribution in [2.24, 2.45) is 0 Å². The fourth-order valence-corrected chi connectivity index (χ4v) is 4.12. The monoisotopic (exact) mass is 421 g/mol. The van der Waals surface area contributed by atoms with E-state index in [-0.39, 0.29) is 29.9 Å². The molecule has 1 unspecified atom stereocenters. The van der Waals surface area contributed by atoms with Gasteiger partial charge < -0.3 is 15.4 Å². The lowest BCUT2D eigenvalue weighted by atomic mass is 9.87. The van der Waals surface area contributed by atoms with E-state index in [1.54, 1.807) is 0 Å². The first-order valence-electron chi connectivity index (χ1n) is 9.66. The maximum atomic E-state index is 12.3. The van der Waals surface area contributed by atoms with Gasteiger partial charge in [-0.3, -0.25) is 9.59 Å². The highest BCUT2D eigenvalue weighted by Gasteiger charge is 2.29. The molecule has 2 aromatic rings. The minimum Gasteiger partial charge on any atom is -0.494 e. The molecule has 0 saturated heterocycles. The van der Waals surface area contributed by atoms with Gasteiger partial charge in [-0.1, -0.05) is 36.0 Å². The van der Waals surface area contributed by atoms with Gasteiger partial charge in [-0.2, -0.15) is 5.26 Å². The van der Waals surface area contributed by atoms with Crippen LogP contribution in [0.3, 0.4) is 0 Å². The van der Waals surface area contributed by atoms with Crippen molar-refractivity contribution in [1.82, 2.24) is 5.32 Å². The summed E-state index contributed by atoms with van der Waals surface area (Å²) < 4.78 is 5.46. The zero-order valence-corrected chi connectivity index (χ0v) is 17.7. The minimum absolute atomic E-state index is 0.0880. The quantitative estimate of drug-likeness (QED) is 0.702. The molecule has 0 aromatic heterocycles. The second-order valence-electron chi connectivity index (χ2n) is 6.87. The van der Waals surface area contributed by atoms with Crippen LogP contribution in [0.25, 0.3) is 0 Å². The van der Waals surface area contributed by atoms with Crippen molar-refractivity contribution in [3.8, 4) is 11.8 Å². The van der Waals surface area contributed by atoms with Crippen LogP contribution in [0.15, 0.2) is 59.1 Å². The number of ether oxygens (including phenoxy) is 1. The highest BCUT2D eigenvalue weighted by atomic mass is 32.2. The van der Waals surface area contributed by atoms with E-state index in [0.717, 1.165) is 34.3 Å². The summed E-state index contributed by atoms with van der Waals surface area (Å²) in [6.45, 7) is 4.43. The Morgan fingerprint density at radius 2 is 2.07 bits per heavy atom. The molecule has 0 spiro atoms. The van der Waals surface area contributed by atoms with Crippen molar-refractivity contribution < 1.29 is 14.3 Å². The number of carbonyl (C=O) groups is 2. The molecule has 1 atom stereocenters. The summed E-state index contributed by atoms with van der Waals surface area (Å²) in [6, 6.07) is 17.2. The molecule has 1 aliphatic heterocycles. The summed E-state index contributed by atoms with van der Waals surface area (Å²) in [5, 5.41) is 15.8. The molecule has 0 radical (unpaired) electrons. The highest BCUT2D eigenvalue weighted by molar-refractivity contribution is 8.03. The van der Waals surface area contributed by atoms with Gasteiger partial charge in [0.25, 0.3) is 0 Å². The lowest BCUT2D eigenvalue weighted by Crippen LogP contribution is -2.31. The molecule has 0 fully saturated rings. The Labute approximate surface area is 180 Å². The summed E-state index contributed by atoms with van der Waals surface area (Å²) in [4.78, 5) is 24.6. The Kier molecular flexibility index (Phi) is 7.15. The van der Waals surface area contributed by atoms with Crippen molar-refractivity contribution in [2.75, 3.05) is 17.7 Å². The molecule has 1 aliphatic rings. The van der Waals surface area contributed by atoms with E-state index in [1.807, 2.05) is 62.4 Å². The van der Waals surface area contributed by atoms with Crippen LogP contribution in [0, 0.1) is 18.3 Å². The number of nitrogens with zero attached hydrogens (tertiary/aromatic N) is 1. The largest absolute Gasteiger partial charge is 0.494 e. The van der Waals surface area contributed by atoms with Crippen LogP contribution in [0.4, 0.5) is 5.69 Å². The molecule has 2 amide bonds. The lowest BCUT2D eigenvalue weighted by molar-refractivity contribution is -0.121. The first-order valence-corrected chi connectivity index (χ1v) is 10.6. The number of hydrogen-bond donors (Lipinski definition) is 2. The number of nitrogens with one attached hydrogen (secondary N) is 2. The number of hydrogen-bond acceptors (Lipinski definition) is 5. The Morgan fingerprint density at radius 3 is 2.73 bits per heavy atom. The Hall–Kier alpha value is -3.24. The summed E-state index contributed by atoms with van der Waals surface area (Å²) in [5.41, 5.74) is 3.10. The highest BCUT2D eigenvalue weighted by Crippen LogP contribution is 2.36. The normalized spacial score (nSPS) is 15.9. The second-order valence-corrected chi connectivity index (χ2v) is 7.85. The minimum atomic E-state index is -0.346. The van der Waals surface area contributed by atoms with Crippen LogP contribution < -0.4 is 15.4 Å². The van der Waals surface area contributed by atoms with Crippen LogP contribution in [0.1, 0.15) is 30.4 Å². The summed E-state index contributed by atoms with van der Waals surface area (Å²) in [6.07, 6.45) is 0.191. The smallest absolute Gasteiger partial charge is 0.234 e. The number of aryl methyl sites for hydroxylation is 1. The van der Waals surface area contributed by atoms with Crippen LogP contribution in [0.5, 0.6) is 5.75 Å². The fourth-order valence-electron chi connectivity index (χ4n) is 3.24. The van der Waals surface area contributed by atoms with Crippen molar-refractivity contribution >= 4 is 29.3 Å². The Balaban J connectivity index is 1.73. The predicted molar refractivity (Wildman–Crippen MR) is 118 cm³/mol. The summed E-state index contributed by atoms with van der Waals surface area (Å²) in [7, 11) is 0. The first kappa shape index (κ1) is 21.5. The van der Waals surface area contributed by atoms with Crippen LogP contribution in [-0.4, -0.2) is 24.2 Å². The summed E-state index contributed by atoms with van der Waals surface area (Å²) in [5.74, 6) is 0.112. The molecular formula is C23H23N3O3S. The standard InChI is InChI=1S/C23H23N3O3S/c1-3-29-18-9-7-16(8-10-18)19-12-21(27)26-23(20(19)13-24)30-14-22(28)25-17-6-4-5-15(2)11-17/h4-11,19H,3,12,14H2,1-2H3,(H,25,28)(H,26,27). The van der Waals surface area contributed by atoms with Crippen LogP contribution in [0.2, 0.25) is 0 Å². The third-order valence-corrected chi connectivity index (χ3v) is 5.62. The van der Waals surface area contributed by atoms with Gasteiger partial charge in [-0.25, -0.2) is 0 Å². The number of rotatable bonds is 7. The Morgan fingerprint density at radius 1 is 1.30 bits per heavy atom. The van der Waals surface area contributed by atoms with E-state index in [0.29, 0.717) is 17.2 Å². The third-order valence-electron chi connectivity index (χ3n) is 4.60. The Bertz CT molecular complexity index is 1010. The number of carbonyl (C=O) groups excluding carboxylic acids is 2. The van der Waals surface area contributed by atoms with Crippen LogP contribution >= 0.6 is 11.8 Å². The maximum absolute atomic E-state index is 12.3. The second kappa shape index (κ2) is 9.99. The van der Waals surface area contributed by atoms with Crippen molar-refractivity contribution in [3.05, 3.63) is 70.3 Å². The molecule has 30 heavy (non-hydrogen) atoms. The van der Waals surface area contributed by atoms with Gasteiger partial charge in [0.2, 0.25) is 11.8 Å². The average Bonchev–Trinajstić information content (AvgIpc) is 2.72. The predicted octanol–water partition coefficient (Wildman–Crippen LogP) is 4.10. The molecule has 2 N–H and O–H groups in total. The fraction of sp³-hybridized carbons (Fsp3) is 0.261. The van der Waals surface area contributed by atoms with Crippen molar-refractivity contribution in [3.63, 3.8) is 0 Å². The molecular weight excluding hydrogens is 398 g/mol. The topological polar surface area (TPSA) is 91.2 Å². The number of amides is 2. The molecule has 1 heterocycles. The van der Waals surface area contributed by atoms with Crippen molar-refractivity contribution in [2.45, 2.75) is 26.2 Å². The molecule has 3 rings (SSSR count). The first-order chi connectivity index (χ1) is 14.5. The van der Waals surface area contributed by atoms with E-state index < -0.39 is 0 Å². The van der Waals surface area contributed by atoms with E-state index in [4.69, 9.17) is 4.74 Å². The van der Waals surface area contributed by atoms with Gasteiger partial charge in [0.05, 0.1) is 29.0 Å². The maximum Gasteiger partial charge on any atom is 0.234 e.